The number of nitrogens with two attached hydrogens (primary N) is 1. The lowest BCUT2D eigenvalue weighted by molar-refractivity contribution is 0.301. The maximum atomic E-state index is 8.86. The highest BCUT2D eigenvalue weighted by atomic mass is 16.5. The molecule has 0 aliphatic heterocycles. The SMILES string of the molecule is Cc1cc(OCc2ccnc(C#N)c2)c(C(C)C)cc1N. The Morgan fingerprint density at radius 3 is 2.76 bits per heavy atom. The Hall–Kier alpha value is -2.54. The van der Waals surface area contributed by atoms with Crippen molar-refractivity contribution in [2.75, 3.05) is 5.73 Å². The van der Waals surface area contributed by atoms with Gasteiger partial charge >= 0.3 is 0 Å². The van der Waals surface area contributed by atoms with Crippen molar-refractivity contribution in [2.45, 2.75) is 33.3 Å². The summed E-state index contributed by atoms with van der Waals surface area (Å²) in [5.74, 6) is 1.17. The number of ether oxygens (including phenoxy) is 1. The van der Waals surface area contributed by atoms with E-state index in [1.54, 1.807) is 12.3 Å². The lowest BCUT2D eigenvalue weighted by Crippen LogP contribution is -2.03. The van der Waals surface area contributed by atoms with Crippen LogP contribution in [0.1, 0.15) is 42.1 Å². The number of pyridine rings is 1. The van der Waals surface area contributed by atoms with Gasteiger partial charge in [-0.05, 0) is 53.8 Å². The number of aromatic nitrogens is 1. The van der Waals surface area contributed by atoms with Crippen LogP contribution in [0.25, 0.3) is 0 Å². The van der Waals surface area contributed by atoms with Gasteiger partial charge in [0.05, 0.1) is 0 Å². The molecule has 21 heavy (non-hydrogen) atoms. The molecule has 2 N–H and O–H groups in total. The van der Waals surface area contributed by atoms with E-state index in [2.05, 4.69) is 18.8 Å². The average Bonchev–Trinajstić information content (AvgIpc) is 2.48. The molecule has 2 aromatic rings. The first-order valence-electron chi connectivity index (χ1n) is 6.89. The number of hydrogen-bond donors (Lipinski definition) is 1. The summed E-state index contributed by atoms with van der Waals surface area (Å²) >= 11 is 0. The molecule has 0 aliphatic carbocycles. The number of benzene rings is 1. The zero-order valence-corrected chi connectivity index (χ0v) is 12.6. The van der Waals surface area contributed by atoms with E-state index >= 15 is 0 Å². The minimum absolute atomic E-state index is 0.329. The molecule has 2 rings (SSSR count). The minimum Gasteiger partial charge on any atom is -0.489 e. The van der Waals surface area contributed by atoms with Gasteiger partial charge in [-0.3, -0.25) is 0 Å². The summed E-state index contributed by atoms with van der Waals surface area (Å²) in [5, 5.41) is 8.86. The second kappa shape index (κ2) is 6.27. The van der Waals surface area contributed by atoms with Crippen LogP contribution >= 0.6 is 0 Å². The Morgan fingerprint density at radius 1 is 1.33 bits per heavy atom. The number of anilines is 1. The van der Waals surface area contributed by atoms with E-state index in [-0.39, 0.29) is 0 Å². The zero-order valence-electron chi connectivity index (χ0n) is 12.6. The van der Waals surface area contributed by atoms with E-state index in [0.29, 0.717) is 18.2 Å². The van der Waals surface area contributed by atoms with Crippen molar-refractivity contribution in [3.05, 3.63) is 52.8 Å². The third kappa shape index (κ3) is 3.51. The molecule has 4 heteroatoms. The van der Waals surface area contributed by atoms with E-state index in [1.165, 1.54) is 0 Å². The lowest BCUT2D eigenvalue weighted by Gasteiger charge is -2.16. The first kappa shape index (κ1) is 14.9. The van der Waals surface area contributed by atoms with Crippen LogP contribution in [0.2, 0.25) is 0 Å². The van der Waals surface area contributed by atoms with E-state index < -0.39 is 0 Å². The van der Waals surface area contributed by atoms with Crippen molar-refractivity contribution in [1.29, 1.82) is 5.26 Å². The molecule has 0 aliphatic rings. The molecule has 0 fully saturated rings. The molecule has 108 valence electrons. The van der Waals surface area contributed by atoms with Crippen LogP contribution in [0.5, 0.6) is 5.75 Å². The number of aryl methyl sites for hydroxylation is 1. The molecule has 1 aromatic heterocycles. The molecule has 0 bridgehead atoms. The average molecular weight is 281 g/mol. The van der Waals surface area contributed by atoms with Crippen LogP contribution in [-0.2, 0) is 6.61 Å². The highest BCUT2D eigenvalue weighted by molar-refractivity contribution is 5.55. The normalized spacial score (nSPS) is 10.4. The van der Waals surface area contributed by atoms with Gasteiger partial charge < -0.3 is 10.5 Å². The second-order valence-electron chi connectivity index (χ2n) is 5.35. The van der Waals surface area contributed by atoms with Crippen LogP contribution < -0.4 is 10.5 Å². The number of nitrogens with zero attached hydrogens (tertiary/aromatic N) is 2. The van der Waals surface area contributed by atoms with E-state index in [0.717, 1.165) is 28.1 Å². The zero-order chi connectivity index (χ0) is 15.4. The summed E-state index contributed by atoms with van der Waals surface area (Å²) in [5.41, 5.74) is 10.2. The van der Waals surface area contributed by atoms with Gasteiger partial charge in [0, 0.05) is 11.9 Å². The quantitative estimate of drug-likeness (QED) is 0.870. The lowest BCUT2D eigenvalue weighted by atomic mass is 9.99. The molecule has 0 saturated carbocycles. The summed E-state index contributed by atoms with van der Waals surface area (Å²) in [4.78, 5) is 3.95. The Bertz CT molecular complexity index is 687. The van der Waals surface area contributed by atoms with Crippen LogP contribution in [0.4, 0.5) is 5.69 Å². The van der Waals surface area contributed by atoms with Crippen molar-refractivity contribution >= 4 is 5.69 Å². The van der Waals surface area contributed by atoms with Gasteiger partial charge in [0.15, 0.2) is 0 Å². The maximum Gasteiger partial charge on any atom is 0.140 e. The molecule has 0 radical (unpaired) electrons. The largest absolute Gasteiger partial charge is 0.489 e. The monoisotopic (exact) mass is 281 g/mol. The van der Waals surface area contributed by atoms with Gasteiger partial charge in [0.1, 0.15) is 24.1 Å². The van der Waals surface area contributed by atoms with Crippen LogP contribution in [0.15, 0.2) is 30.5 Å². The van der Waals surface area contributed by atoms with Crippen LogP contribution in [0, 0.1) is 18.3 Å². The van der Waals surface area contributed by atoms with Gasteiger partial charge in [-0.2, -0.15) is 5.26 Å². The Balaban J connectivity index is 2.23. The van der Waals surface area contributed by atoms with Crippen molar-refractivity contribution in [1.82, 2.24) is 4.98 Å². The number of hydrogen-bond acceptors (Lipinski definition) is 4. The Morgan fingerprint density at radius 2 is 2.10 bits per heavy atom. The molecular weight excluding hydrogens is 262 g/mol. The molecule has 1 heterocycles. The standard InChI is InChI=1S/C17H19N3O/c1-11(2)15-8-16(19)12(3)6-17(15)21-10-13-4-5-20-14(7-13)9-18/h4-8,11H,10,19H2,1-3H3. The third-order valence-electron chi connectivity index (χ3n) is 3.35. The van der Waals surface area contributed by atoms with Gasteiger partial charge in [0.2, 0.25) is 0 Å². The Kier molecular flexibility index (Phi) is 4.44. The summed E-state index contributed by atoms with van der Waals surface area (Å²) in [6, 6.07) is 9.56. The summed E-state index contributed by atoms with van der Waals surface area (Å²) < 4.78 is 5.93. The first-order valence-corrected chi connectivity index (χ1v) is 6.89. The van der Waals surface area contributed by atoms with Crippen molar-refractivity contribution in [3.63, 3.8) is 0 Å². The molecule has 0 atom stereocenters. The highest BCUT2D eigenvalue weighted by Crippen LogP contribution is 2.31. The number of nitrogen functional groups attached to an aromatic ring is 1. The summed E-state index contributed by atoms with van der Waals surface area (Å²) in [7, 11) is 0. The fourth-order valence-corrected chi connectivity index (χ4v) is 2.08. The maximum absolute atomic E-state index is 8.86. The second-order valence-corrected chi connectivity index (χ2v) is 5.35. The first-order chi connectivity index (χ1) is 10.0. The van der Waals surface area contributed by atoms with Crippen molar-refractivity contribution in [3.8, 4) is 11.8 Å². The van der Waals surface area contributed by atoms with Gasteiger partial charge in [-0.15, -0.1) is 0 Å². The van der Waals surface area contributed by atoms with E-state index in [4.69, 9.17) is 15.7 Å². The van der Waals surface area contributed by atoms with Crippen molar-refractivity contribution < 1.29 is 4.74 Å². The van der Waals surface area contributed by atoms with Gasteiger partial charge in [0.25, 0.3) is 0 Å². The summed E-state index contributed by atoms with van der Waals surface area (Å²) in [6.07, 6.45) is 1.62. The molecule has 0 unspecified atom stereocenters. The minimum atomic E-state index is 0.329. The van der Waals surface area contributed by atoms with E-state index in [9.17, 15) is 0 Å². The molecule has 4 nitrogen and oxygen atoms in total. The number of rotatable bonds is 4. The predicted octanol–water partition coefficient (Wildman–Crippen LogP) is 3.55. The number of nitriles is 1. The summed E-state index contributed by atoms with van der Waals surface area (Å²) in [6.45, 7) is 6.58. The molecule has 1 aromatic carbocycles. The fourth-order valence-electron chi connectivity index (χ4n) is 2.08. The highest BCUT2D eigenvalue weighted by Gasteiger charge is 2.11. The Labute approximate surface area is 125 Å². The molecule has 0 saturated heterocycles. The topological polar surface area (TPSA) is 71.9 Å². The van der Waals surface area contributed by atoms with Crippen LogP contribution in [-0.4, -0.2) is 4.98 Å². The van der Waals surface area contributed by atoms with Gasteiger partial charge in [-0.25, -0.2) is 4.98 Å². The fraction of sp³-hybridized carbons (Fsp3) is 0.294. The van der Waals surface area contributed by atoms with E-state index in [1.807, 2.05) is 31.2 Å². The van der Waals surface area contributed by atoms with Crippen molar-refractivity contribution in [2.24, 2.45) is 0 Å². The molecule has 0 spiro atoms. The van der Waals surface area contributed by atoms with Crippen LogP contribution in [0.3, 0.4) is 0 Å². The molecule has 0 amide bonds. The van der Waals surface area contributed by atoms with Gasteiger partial charge in [-0.1, -0.05) is 13.8 Å². The smallest absolute Gasteiger partial charge is 0.140 e. The third-order valence-corrected chi connectivity index (χ3v) is 3.35. The molecular formula is C17H19N3O. The predicted molar refractivity (Wildman–Crippen MR) is 83.0 cm³/mol.